The summed E-state index contributed by atoms with van der Waals surface area (Å²) in [5, 5.41) is 21.4. The number of carbonyl (C=O) groups is 2. The van der Waals surface area contributed by atoms with Crippen LogP contribution in [0, 0.1) is 11.3 Å². The molecule has 2 fully saturated rings. The predicted octanol–water partition coefficient (Wildman–Crippen LogP) is -0.585. The van der Waals surface area contributed by atoms with Crippen LogP contribution in [0.4, 0.5) is 4.79 Å². The van der Waals surface area contributed by atoms with E-state index in [0.29, 0.717) is 26.2 Å². The lowest BCUT2D eigenvalue weighted by molar-refractivity contribution is -0.148. The quantitative estimate of drug-likeness (QED) is 0.642. The lowest BCUT2D eigenvalue weighted by Gasteiger charge is -2.25. The number of aliphatic carboxylic acids is 1. The van der Waals surface area contributed by atoms with Gasteiger partial charge in [-0.2, -0.15) is 0 Å². The van der Waals surface area contributed by atoms with E-state index in [1.807, 2.05) is 18.7 Å². The maximum atomic E-state index is 12.0. The van der Waals surface area contributed by atoms with Crippen LogP contribution in [0.2, 0.25) is 0 Å². The summed E-state index contributed by atoms with van der Waals surface area (Å²) in [6.07, 6.45) is 0. The fourth-order valence-corrected chi connectivity index (χ4v) is 3.28. The smallest absolute Gasteiger partial charge is 0.317 e. The van der Waals surface area contributed by atoms with Gasteiger partial charge in [0.2, 0.25) is 0 Å². The fourth-order valence-electron chi connectivity index (χ4n) is 3.28. The van der Waals surface area contributed by atoms with Crippen LogP contribution in [-0.2, 0) is 4.79 Å². The summed E-state index contributed by atoms with van der Waals surface area (Å²) >= 11 is 0. The molecule has 7 nitrogen and oxygen atoms in total. The van der Waals surface area contributed by atoms with Crippen LogP contribution in [0.5, 0.6) is 0 Å². The van der Waals surface area contributed by atoms with Crippen molar-refractivity contribution in [3.63, 3.8) is 0 Å². The lowest BCUT2D eigenvalue weighted by atomic mass is 9.81. The van der Waals surface area contributed by atoms with Crippen molar-refractivity contribution in [2.75, 3.05) is 39.3 Å². The van der Waals surface area contributed by atoms with Crippen molar-refractivity contribution < 1.29 is 19.8 Å². The molecule has 2 rings (SSSR count). The normalized spacial score (nSPS) is 29.8. The van der Waals surface area contributed by atoms with Crippen molar-refractivity contribution in [3.05, 3.63) is 0 Å². The first-order valence-electron chi connectivity index (χ1n) is 7.01. The topological polar surface area (TPSA) is 93.1 Å². The second-order valence-corrected chi connectivity index (χ2v) is 6.10. The van der Waals surface area contributed by atoms with E-state index in [4.69, 9.17) is 5.11 Å². The number of hydrogen-bond acceptors (Lipinski definition) is 4. The van der Waals surface area contributed by atoms with Crippen molar-refractivity contribution in [3.8, 4) is 0 Å². The van der Waals surface area contributed by atoms with Crippen LogP contribution in [0.15, 0.2) is 0 Å². The van der Waals surface area contributed by atoms with Crippen molar-refractivity contribution in [2.45, 2.75) is 19.9 Å². The van der Waals surface area contributed by atoms with Gasteiger partial charge in [0, 0.05) is 44.7 Å². The van der Waals surface area contributed by atoms with E-state index < -0.39 is 11.4 Å². The fraction of sp³-hybridized carbons (Fsp3) is 0.846. The molecular formula is C13H23N3O4. The molecule has 0 aromatic heterocycles. The number of aliphatic hydroxyl groups is 1. The van der Waals surface area contributed by atoms with Gasteiger partial charge in [0.15, 0.2) is 0 Å². The van der Waals surface area contributed by atoms with Crippen LogP contribution in [-0.4, -0.2) is 77.4 Å². The first-order valence-corrected chi connectivity index (χ1v) is 7.01. The van der Waals surface area contributed by atoms with Crippen LogP contribution >= 0.6 is 0 Å². The molecule has 0 aliphatic carbocycles. The molecule has 3 N–H and O–H groups in total. The van der Waals surface area contributed by atoms with Gasteiger partial charge in [0.25, 0.3) is 0 Å². The van der Waals surface area contributed by atoms with Gasteiger partial charge in [-0.1, -0.05) is 0 Å². The number of carboxylic acid groups (broad SMARTS) is 1. The number of β-amino-alcohol motifs (C(OH)–C–C–N with tert-alkyl or cyclic N) is 1. The van der Waals surface area contributed by atoms with Gasteiger partial charge in [-0.3, -0.25) is 9.69 Å². The minimum absolute atomic E-state index is 0.0277. The molecule has 0 radical (unpaired) electrons. The van der Waals surface area contributed by atoms with Gasteiger partial charge in [-0.25, -0.2) is 4.79 Å². The molecule has 114 valence electrons. The van der Waals surface area contributed by atoms with Crippen molar-refractivity contribution in [1.29, 1.82) is 0 Å². The third-order valence-corrected chi connectivity index (χ3v) is 4.22. The van der Waals surface area contributed by atoms with E-state index >= 15 is 0 Å². The molecule has 0 unspecified atom stereocenters. The number of carbonyl (C=O) groups excluding carboxylic acids is 1. The number of urea groups is 1. The number of rotatable bonds is 4. The highest BCUT2D eigenvalue weighted by molar-refractivity contribution is 5.81. The first-order chi connectivity index (χ1) is 9.39. The molecule has 2 aliphatic heterocycles. The Balaban J connectivity index is 2.08. The van der Waals surface area contributed by atoms with Crippen molar-refractivity contribution >= 4 is 12.0 Å². The summed E-state index contributed by atoms with van der Waals surface area (Å²) in [5.41, 5.74) is -0.885. The highest BCUT2D eigenvalue weighted by Crippen LogP contribution is 2.42. The monoisotopic (exact) mass is 285 g/mol. The van der Waals surface area contributed by atoms with E-state index in [1.54, 1.807) is 4.90 Å². The Morgan fingerprint density at radius 2 is 2.05 bits per heavy atom. The van der Waals surface area contributed by atoms with Gasteiger partial charge >= 0.3 is 12.0 Å². The Morgan fingerprint density at radius 3 is 2.55 bits per heavy atom. The number of carboxylic acids is 1. The molecule has 7 heteroatoms. The summed E-state index contributed by atoms with van der Waals surface area (Å²) in [4.78, 5) is 27.3. The molecule has 2 heterocycles. The van der Waals surface area contributed by atoms with Gasteiger partial charge < -0.3 is 20.4 Å². The van der Waals surface area contributed by atoms with Gasteiger partial charge in [0.1, 0.15) is 5.41 Å². The molecular weight excluding hydrogens is 262 g/mol. The zero-order valence-electron chi connectivity index (χ0n) is 12.0. The minimum Gasteiger partial charge on any atom is -0.481 e. The number of likely N-dealkylation sites (tertiary alicyclic amines) is 2. The summed E-state index contributed by atoms with van der Waals surface area (Å²) in [6.45, 7) is 6.01. The highest BCUT2D eigenvalue weighted by atomic mass is 16.4. The van der Waals surface area contributed by atoms with E-state index in [2.05, 4.69) is 5.32 Å². The molecule has 2 amide bonds. The predicted molar refractivity (Wildman–Crippen MR) is 72.3 cm³/mol. The number of fused-ring (bicyclic) bond motifs is 1. The number of amides is 2. The molecule has 0 aromatic carbocycles. The molecule has 20 heavy (non-hydrogen) atoms. The zero-order chi connectivity index (χ0) is 14.9. The summed E-state index contributed by atoms with van der Waals surface area (Å²) < 4.78 is 0. The van der Waals surface area contributed by atoms with Crippen molar-refractivity contribution in [1.82, 2.24) is 15.1 Å². The second kappa shape index (κ2) is 5.57. The standard InChI is InChI=1S/C13H23N3O4/c1-9(2)14-12(20)16-6-10-5-15(3-4-17)7-13(10,8-16)11(18)19/h9-10,17H,3-8H2,1-2H3,(H,14,20)(H,18,19)/t10-,13-/m1/s1. The molecule has 2 saturated heterocycles. The third kappa shape index (κ3) is 2.60. The summed E-state index contributed by atoms with van der Waals surface area (Å²) in [6, 6.07) is -0.154. The summed E-state index contributed by atoms with van der Waals surface area (Å²) in [5.74, 6) is -0.910. The van der Waals surface area contributed by atoms with Crippen LogP contribution in [0.3, 0.4) is 0 Å². The number of hydrogen-bond donors (Lipinski definition) is 3. The van der Waals surface area contributed by atoms with Crippen LogP contribution < -0.4 is 5.32 Å². The summed E-state index contributed by atoms with van der Waals surface area (Å²) in [7, 11) is 0. The maximum absolute atomic E-state index is 12.0. The number of nitrogens with zero attached hydrogens (tertiary/aromatic N) is 2. The van der Waals surface area contributed by atoms with Crippen molar-refractivity contribution in [2.24, 2.45) is 11.3 Å². The van der Waals surface area contributed by atoms with E-state index in [0.717, 1.165) is 0 Å². The number of aliphatic hydroxyl groups excluding tert-OH is 1. The van der Waals surface area contributed by atoms with E-state index in [1.165, 1.54) is 0 Å². The van der Waals surface area contributed by atoms with E-state index in [-0.39, 0.29) is 31.1 Å². The van der Waals surface area contributed by atoms with Gasteiger partial charge in [0.05, 0.1) is 6.61 Å². The second-order valence-electron chi connectivity index (χ2n) is 6.10. The molecule has 0 aromatic rings. The van der Waals surface area contributed by atoms with E-state index in [9.17, 15) is 14.7 Å². The Kier molecular flexibility index (Phi) is 4.19. The Bertz CT molecular complexity index is 401. The molecule has 0 bridgehead atoms. The Hall–Kier alpha value is -1.34. The van der Waals surface area contributed by atoms with Crippen LogP contribution in [0.1, 0.15) is 13.8 Å². The van der Waals surface area contributed by atoms with Gasteiger partial charge in [-0.15, -0.1) is 0 Å². The molecule has 0 spiro atoms. The lowest BCUT2D eigenvalue weighted by Crippen LogP contribution is -2.46. The highest BCUT2D eigenvalue weighted by Gasteiger charge is 2.58. The maximum Gasteiger partial charge on any atom is 0.317 e. The molecule has 2 atom stereocenters. The van der Waals surface area contributed by atoms with Gasteiger partial charge in [-0.05, 0) is 13.8 Å². The minimum atomic E-state index is -0.885. The molecule has 0 saturated carbocycles. The third-order valence-electron chi connectivity index (χ3n) is 4.22. The zero-order valence-corrected chi connectivity index (χ0v) is 12.0. The Morgan fingerprint density at radius 1 is 1.35 bits per heavy atom. The van der Waals surface area contributed by atoms with Crippen LogP contribution in [0.25, 0.3) is 0 Å². The average molecular weight is 285 g/mol. The SMILES string of the molecule is CC(C)NC(=O)N1C[C@H]2CN(CCO)C[C@@]2(C(=O)O)C1. The first kappa shape index (κ1) is 15.1. The number of nitrogens with one attached hydrogen (secondary N) is 1. The average Bonchev–Trinajstić information content (AvgIpc) is 2.82. The Labute approximate surface area is 118 Å². The molecule has 2 aliphatic rings. The largest absolute Gasteiger partial charge is 0.481 e.